The Labute approximate surface area is 163 Å². The zero-order valence-corrected chi connectivity index (χ0v) is 17.4. The van der Waals surface area contributed by atoms with Crippen LogP contribution in [0.15, 0.2) is 24.3 Å². The molecule has 0 radical (unpaired) electrons. The number of ether oxygens (including phenoxy) is 2. The van der Waals surface area contributed by atoms with Crippen LogP contribution >= 0.6 is 0 Å². The standard InChI is InChI=1S/C21H34N2O4/c1-6-22(7-2)14-8-15-23(16-13-20(24)26-5)21(25)18-9-11-19(12-10-18)27-17(3)4/h9-12,17H,6-8,13-16H2,1-5H3. The molecule has 1 aromatic rings. The first-order chi connectivity index (χ1) is 12.9. The average molecular weight is 379 g/mol. The van der Waals surface area contributed by atoms with E-state index < -0.39 is 0 Å². The van der Waals surface area contributed by atoms with Gasteiger partial charge in [-0.15, -0.1) is 0 Å². The summed E-state index contributed by atoms with van der Waals surface area (Å²) < 4.78 is 10.3. The fourth-order valence-electron chi connectivity index (χ4n) is 2.80. The third-order valence-electron chi connectivity index (χ3n) is 4.37. The zero-order valence-electron chi connectivity index (χ0n) is 17.4. The largest absolute Gasteiger partial charge is 0.491 e. The first-order valence-corrected chi connectivity index (χ1v) is 9.76. The number of nitrogens with zero attached hydrogens (tertiary/aromatic N) is 2. The van der Waals surface area contributed by atoms with Gasteiger partial charge in [-0.05, 0) is 64.2 Å². The van der Waals surface area contributed by atoms with Crippen LogP contribution in [0, 0.1) is 0 Å². The molecule has 0 aliphatic rings. The van der Waals surface area contributed by atoms with Gasteiger partial charge in [0.15, 0.2) is 0 Å². The van der Waals surface area contributed by atoms with Gasteiger partial charge in [0.2, 0.25) is 0 Å². The molecule has 0 fully saturated rings. The normalized spacial score (nSPS) is 10.9. The van der Waals surface area contributed by atoms with E-state index in [4.69, 9.17) is 9.47 Å². The lowest BCUT2D eigenvalue weighted by atomic mass is 10.1. The van der Waals surface area contributed by atoms with Crippen LogP contribution in [0.5, 0.6) is 5.75 Å². The summed E-state index contributed by atoms with van der Waals surface area (Å²) in [6.07, 6.45) is 1.15. The van der Waals surface area contributed by atoms with E-state index in [1.807, 2.05) is 26.0 Å². The number of methoxy groups -OCH3 is 1. The number of esters is 1. The van der Waals surface area contributed by atoms with Gasteiger partial charge in [0.1, 0.15) is 5.75 Å². The van der Waals surface area contributed by atoms with E-state index in [2.05, 4.69) is 18.7 Å². The lowest BCUT2D eigenvalue weighted by Crippen LogP contribution is -2.36. The van der Waals surface area contributed by atoms with Crippen LogP contribution in [0.25, 0.3) is 0 Å². The molecule has 0 aliphatic heterocycles. The number of hydrogen-bond donors (Lipinski definition) is 0. The van der Waals surface area contributed by atoms with Gasteiger partial charge in [0.05, 0.1) is 19.6 Å². The molecule has 0 saturated heterocycles. The molecule has 152 valence electrons. The topological polar surface area (TPSA) is 59.1 Å². The lowest BCUT2D eigenvalue weighted by Gasteiger charge is -2.25. The third-order valence-corrected chi connectivity index (χ3v) is 4.37. The van der Waals surface area contributed by atoms with E-state index in [1.54, 1.807) is 17.0 Å². The number of amides is 1. The van der Waals surface area contributed by atoms with Gasteiger partial charge in [0, 0.05) is 18.7 Å². The third kappa shape index (κ3) is 8.43. The highest BCUT2D eigenvalue weighted by molar-refractivity contribution is 5.94. The van der Waals surface area contributed by atoms with Crippen LogP contribution in [0.3, 0.4) is 0 Å². The predicted molar refractivity (Wildman–Crippen MR) is 107 cm³/mol. The Morgan fingerprint density at radius 3 is 2.15 bits per heavy atom. The van der Waals surface area contributed by atoms with Crippen LogP contribution in [-0.2, 0) is 9.53 Å². The van der Waals surface area contributed by atoms with E-state index in [-0.39, 0.29) is 24.4 Å². The van der Waals surface area contributed by atoms with Crippen LogP contribution in [-0.4, -0.2) is 67.6 Å². The molecule has 6 heteroatoms. The molecule has 6 nitrogen and oxygen atoms in total. The Morgan fingerprint density at radius 1 is 1.00 bits per heavy atom. The highest BCUT2D eigenvalue weighted by Crippen LogP contribution is 2.15. The second-order valence-electron chi connectivity index (χ2n) is 6.69. The Balaban J connectivity index is 2.76. The van der Waals surface area contributed by atoms with E-state index >= 15 is 0 Å². The van der Waals surface area contributed by atoms with Crippen molar-refractivity contribution in [3.63, 3.8) is 0 Å². The van der Waals surface area contributed by atoms with Crippen molar-refractivity contribution >= 4 is 11.9 Å². The molecule has 1 amide bonds. The van der Waals surface area contributed by atoms with Gasteiger partial charge in [0.25, 0.3) is 5.91 Å². The Hall–Kier alpha value is -2.08. The maximum absolute atomic E-state index is 12.9. The monoisotopic (exact) mass is 378 g/mol. The summed E-state index contributed by atoms with van der Waals surface area (Å²) >= 11 is 0. The number of hydrogen-bond acceptors (Lipinski definition) is 5. The van der Waals surface area contributed by atoms with Gasteiger partial charge in [-0.2, -0.15) is 0 Å². The molecule has 27 heavy (non-hydrogen) atoms. The second-order valence-corrected chi connectivity index (χ2v) is 6.69. The molecule has 0 unspecified atom stereocenters. The SMILES string of the molecule is CCN(CC)CCCN(CCC(=O)OC)C(=O)c1ccc(OC(C)C)cc1. The van der Waals surface area contributed by atoms with E-state index in [0.717, 1.165) is 31.8 Å². The summed E-state index contributed by atoms with van der Waals surface area (Å²) in [6.45, 7) is 12.1. The average Bonchev–Trinajstić information content (AvgIpc) is 2.67. The van der Waals surface area contributed by atoms with Crippen LogP contribution in [0.2, 0.25) is 0 Å². The molecule has 0 bridgehead atoms. The lowest BCUT2D eigenvalue weighted by molar-refractivity contribution is -0.140. The van der Waals surface area contributed by atoms with Crippen molar-refractivity contribution in [3.05, 3.63) is 29.8 Å². The summed E-state index contributed by atoms with van der Waals surface area (Å²) in [4.78, 5) is 28.5. The molecule has 1 aromatic carbocycles. The maximum atomic E-state index is 12.9. The van der Waals surface area contributed by atoms with Crippen molar-refractivity contribution in [2.45, 2.75) is 46.6 Å². The number of carbonyl (C=O) groups is 2. The van der Waals surface area contributed by atoms with Crippen LogP contribution < -0.4 is 4.74 Å². The Bertz CT molecular complexity index is 568. The predicted octanol–water partition coefficient (Wildman–Crippen LogP) is 3.21. The number of benzene rings is 1. The quantitative estimate of drug-likeness (QED) is 0.523. The summed E-state index contributed by atoms with van der Waals surface area (Å²) in [7, 11) is 1.36. The van der Waals surface area contributed by atoms with Crippen molar-refractivity contribution in [3.8, 4) is 5.75 Å². The van der Waals surface area contributed by atoms with Gasteiger partial charge < -0.3 is 19.3 Å². The van der Waals surface area contributed by atoms with Gasteiger partial charge in [-0.25, -0.2) is 0 Å². The minimum absolute atomic E-state index is 0.0745. The first kappa shape index (κ1) is 23.0. The summed E-state index contributed by atoms with van der Waals surface area (Å²) in [6, 6.07) is 7.16. The molecule has 1 rings (SSSR count). The van der Waals surface area contributed by atoms with E-state index in [9.17, 15) is 9.59 Å². The zero-order chi connectivity index (χ0) is 20.2. The van der Waals surface area contributed by atoms with Crippen molar-refractivity contribution in [2.24, 2.45) is 0 Å². The highest BCUT2D eigenvalue weighted by atomic mass is 16.5. The molecule has 0 aliphatic carbocycles. The summed E-state index contributed by atoms with van der Waals surface area (Å²) in [5.74, 6) is 0.357. The van der Waals surface area contributed by atoms with E-state index in [1.165, 1.54) is 7.11 Å². The summed E-state index contributed by atoms with van der Waals surface area (Å²) in [5, 5.41) is 0. The fraction of sp³-hybridized carbons (Fsp3) is 0.619. The minimum atomic E-state index is -0.308. The van der Waals surface area contributed by atoms with Crippen molar-refractivity contribution in [1.82, 2.24) is 9.80 Å². The smallest absolute Gasteiger partial charge is 0.307 e. The van der Waals surface area contributed by atoms with Crippen molar-refractivity contribution < 1.29 is 19.1 Å². The Morgan fingerprint density at radius 2 is 1.63 bits per heavy atom. The van der Waals surface area contributed by atoms with Crippen LogP contribution in [0.4, 0.5) is 0 Å². The molecule has 0 aromatic heterocycles. The molecular formula is C21H34N2O4. The van der Waals surface area contributed by atoms with Gasteiger partial charge >= 0.3 is 5.97 Å². The van der Waals surface area contributed by atoms with Crippen LogP contribution in [0.1, 0.15) is 50.9 Å². The van der Waals surface area contributed by atoms with Crippen molar-refractivity contribution in [1.29, 1.82) is 0 Å². The fourth-order valence-corrected chi connectivity index (χ4v) is 2.80. The van der Waals surface area contributed by atoms with E-state index in [0.29, 0.717) is 18.7 Å². The molecule has 0 saturated carbocycles. The number of carbonyl (C=O) groups excluding carboxylic acids is 2. The van der Waals surface area contributed by atoms with Gasteiger partial charge in [-0.1, -0.05) is 13.8 Å². The van der Waals surface area contributed by atoms with Gasteiger partial charge in [-0.3, -0.25) is 9.59 Å². The highest BCUT2D eigenvalue weighted by Gasteiger charge is 2.17. The molecule has 0 atom stereocenters. The first-order valence-electron chi connectivity index (χ1n) is 9.76. The maximum Gasteiger partial charge on any atom is 0.307 e. The summed E-state index contributed by atoms with van der Waals surface area (Å²) in [5.41, 5.74) is 0.596. The molecule has 0 heterocycles. The molecular weight excluding hydrogens is 344 g/mol. The minimum Gasteiger partial charge on any atom is -0.491 e. The van der Waals surface area contributed by atoms with Crippen molar-refractivity contribution in [2.75, 3.05) is 39.8 Å². The molecule has 0 N–H and O–H groups in total. The second kappa shape index (κ2) is 12.3. The number of rotatable bonds is 12. The Kier molecular flexibility index (Phi) is 10.5. The molecule has 0 spiro atoms.